The second kappa shape index (κ2) is 6.42. The number of amides is 1. The summed E-state index contributed by atoms with van der Waals surface area (Å²) in [6, 6.07) is 1.87. The quantitative estimate of drug-likeness (QED) is 0.931. The fourth-order valence-electron chi connectivity index (χ4n) is 4.02. The Morgan fingerprint density at radius 3 is 2.83 bits per heavy atom. The number of carbonyl (C=O) groups is 1. The summed E-state index contributed by atoms with van der Waals surface area (Å²) in [5.41, 5.74) is 1.96. The minimum Gasteiger partial charge on any atom is -0.351 e. The van der Waals surface area contributed by atoms with E-state index < -0.39 is 0 Å². The van der Waals surface area contributed by atoms with Gasteiger partial charge < -0.3 is 14.4 Å². The first-order valence-corrected chi connectivity index (χ1v) is 9.01. The predicted octanol–water partition coefficient (Wildman–Crippen LogP) is 3.73. The molecule has 3 heterocycles. The number of rotatable bonds is 3. The van der Waals surface area contributed by atoms with Crippen molar-refractivity contribution in [2.45, 2.75) is 63.8 Å². The molecule has 0 radical (unpaired) electrons. The van der Waals surface area contributed by atoms with Gasteiger partial charge in [0, 0.05) is 30.4 Å². The number of hydrogen-bond donors (Lipinski definition) is 1. The zero-order valence-electron chi connectivity index (χ0n) is 14.1. The molecular weight excluding hydrogens is 304 g/mol. The summed E-state index contributed by atoms with van der Waals surface area (Å²) in [6.07, 6.45) is 9.82. The van der Waals surface area contributed by atoms with E-state index in [0.717, 1.165) is 49.4 Å². The van der Waals surface area contributed by atoms with Crippen LogP contribution in [0.3, 0.4) is 0 Å². The van der Waals surface area contributed by atoms with Gasteiger partial charge in [0.1, 0.15) is 5.82 Å². The number of imidazole rings is 1. The van der Waals surface area contributed by atoms with Crippen LogP contribution in [0.4, 0.5) is 0 Å². The number of likely N-dealkylation sites (tertiary alicyclic amines) is 1. The minimum absolute atomic E-state index is 0.00873. The molecule has 1 saturated carbocycles. The van der Waals surface area contributed by atoms with Crippen molar-refractivity contribution in [3.8, 4) is 0 Å². The van der Waals surface area contributed by atoms with Gasteiger partial charge in [-0.05, 0) is 32.6 Å². The van der Waals surface area contributed by atoms with Crippen LogP contribution in [-0.4, -0.2) is 32.5 Å². The van der Waals surface area contributed by atoms with Crippen molar-refractivity contribution in [3.63, 3.8) is 0 Å². The van der Waals surface area contributed by atoms with Crippen LogP contribution in [0.2, 0.25) is 0 Å². The van der Waals surface area contributed by atoms with Gasteiger partial charge in [0.2, 0.25) is 5.76 Å². The maximum atomic E-state index is 12.9. The third-order valence-electron chi connectivity index (χ3n) is 5.31. The van der Waals surface area contributed by atoms with Gasteiger partial charge in [-0.3, -0.25) is 4.79 Å². The summed E-state index contributed by atoms with van der Waals surface area (Å²) < 4.78 is 5.41. The monoisotopic (exact) mass is 328 g/mol. The lowest BCUT2D eigenvalue weighted by atomic mass is 9.87. The van der Waals surface area contributed by atoms with E-state index in [0.29, 0.717) is 11.7 Å². The fraction of sp³-hybridized carbons (Fsp3) is 0.611. The largest absolute Gasteiger partial charge is 0.351 e. The lowest BCUT2D eigenvalue weighted by Gasteiger charge is -2.21. The molecule has 6 heteroatoms. The van der Waals surface area contributed by atoms with Crippen LogP contribution in [0, 0.1) is 6.92 Å². The van der Waals surface area contributed by atoms with Gasteiger partial charge >= 0.3 is 0 Å². The van der Waals surface area contributed by atoms with Crippen LogP contribution in [0.15, 0.2) is 16.8 Å². The third kappa shape index (κ3) is 2.85. The van der Waals surface area contributed by atoms with Crippen LogP contribution in [0.5, 0.6) is 0 Å². The molecule has 1 atom stereocenters. The average molecular weight is 328 g/mol. The summed E-state index contributed by atoms with van der Waals surface area (Å²) in [7, 11) is 0. The predicted molar refractivity (Wildman–Crippen MR) is 88.7 cm³/mol. The highest BCUT2D eigenvalue weighted by Crippen LogP contribution is 2.34. The van der Waals surface area contributed by atoms with Gasteiger partial charge in [0.15, 0.2) is 0 Å². The Morgan fingerprint density at radius 1 is 1.25 bits per heavy atom. The molecule has 1 aliphatic heterocycles. The van der Waals surface area contributed by atoms with Gasteiger partial charge in [0.05, 0.1) is 11.7 Å². The van der Waals surface area contributed by atoms with Gasteiger partial charge in [-0.15, -0.1) is 0 Å². The van der Waals surface area contributed by atoms with Gasteiger partial charge in [-0.1, -0.05) is 24.4 Å². The molecule has 2 fully saturated rings. The molecule has 6 nitrogen and oxygen atoms in total. The number of H-pyrrole nitrogens is 1. The summed E-state index contributed by atoms with van der Waals surface area (Å²) in [6.45, 7) is 2.72. The molecule has 1 unspecified atom stereocenters. The number of aryl methyl sites for hydroxylation is 1. The van der Waals surface area contributed by atoms with Gasteiger partial charge in [-0.25, -0.2) is 4.98 Å². The zero-order valence-corrected chi connectivity index (χ0v) is 14.1. The van der Waals surface area contributed by atoms with E-state index in [1.807, 2.05) is 24.1 Å². The molecular formula is C18H24N4O2. The van der Waals surface area contributed by atoms with E-state index in [-0.39, 0.29) is 11.9 Å². The molecule has 2 aromatic rings. The molecule has 0 aromatic carbocycles. The van der Waals surface area contributed by atoms with E-state index in [2.05, 4.69) is 15.1 Å². The molecule has 0 spiro atoms. The maximum Gasteiger partial charge on any atom is 0.293 e. The van der Waals surface area contributed by atoms with Crippen LogP contribution < -0.4 is 0 Å². The topological polar surface area (TPSA) is 75.0 Å². The average Bonchev–Trinajstić information content (AvgIpc) is 3.35. The van der Waals surface area contributed by atoms with Crippen molar-refractivity contribution in [1.82, 2.24) is 20.0 Å². The minimum atomic E-state index is -0.0684. The highest BCUT2D eigenvalue weighted by Gasteiger charge is 2.34. The first-order chi connectivity index (χ1) is 11.7. The summed E-state index contributed by atoms with van der Waals surface area (Å²) in [5.74, 6) is 1.61. The van der Waals surface area contributed by atoms with Crippen LogP contribution in [0.1, 0.15) is 84.7 Å². The van der Waals surface area contributed by atoms with E-state index >= 15 is 0 Å². The van der Waals surface area contributed by atoms with Gasteiger partial charge in [0.25, 0.3) is 5.91 Å². The van der Waals surface area contributed by atoms with Crippen molar-refractivity contribution in [1.29, 1.82) is 0 Å². The van der Waals surface area contributed by atoms with Crippen LogP contribution in [0.25, 0.3) is 0 Å². The Kier molecular flexibility index (Phi) is 4.12. The summed E-state index contributed by atoms with van der Waals surface area (Å²) in [4.78, 5) is 22.4. The number of aromatic nitrogens is 3. The Hall–Kier alpha value is -2.11. The molecule has 24 heavy (non-hydrogen) atoms. The summed E-state index contributed by atoms with van der Waals surface area (Å²) >= 11 is 0. The Balaban J connectivity index is 1.51. The van der Waals surface area contributed by atoms with Crippen LogP contribution in [-0.2, 0) is 0 Å². The molecule has 1 saturated heterocycles. The lowest BCUT2D eigenvalue weighted by Crippen LogP contribution is -2.30. The highest BCUT2D eigenvalue weighted by molar-refractivity contribution is 5.92. The normalized spacial score (nSPS) is 22.2. The standard InChI is InChI=1S/C18H24N4O2/c1-12-11-19-17(20-12)15-8-5-9-22(15)18(23)16-10-14(21-24-16)13-6-3-2-4-7-13/h10-11,13,15H,2-9H2,1H3,(H,19,20). The maximum absolute atomic E-state index is 12.9. The van der Waals surface area contributed by atoms with Crippen molar-refractivity contribution >= 4 is 5.91 Å². The van der Waals surface area contributed by atoms with E-state index in [1.54, 1.807) is 0 Å². The molecule has 1 aliphatic carbocycles. The number of aromatic amines is 1. The number of nitrogens with zero attached hydrogens (tertiary/aromatic N) is 3. The molecule has 0 bridgehead atoms. The van der Waals surface area contributed by atoms with Crippen molar-refractivity contribution in [2.24, 2.45) is 0 Å². The van der Waals surface area contributed by atoms with Gasteiger partial charge in [-0.2, -0.15) is 0 Å². The Morgan fingerprint density at radius 2 is 2.08 bits per heavy atom. The van der Waals surface area contributed by atoms with E-state index in [4.69, 9.17) is 4.52 Å². The molecule has 1 N–H and O–H groups in total. The molecule has 2 aliphatic rings. The Labute approximate surface area is 141 Å². The smallest absolute Gasteiger partial charge is 0.293 e. The SMILES string of the molecule is Cc1cnc(C2CCCN2C(=O)c2cc(C3CCCCC3)no2)[nH]1. The highest BCUT2D eigenvalue weighted by atomic mass is 16.5. The van der Waals surface area contributed by atoms with Crippen molar-refractivity contribution < 1.29 is 9.32 Å². The molecule has 4 rings (SSSR count). The van der Waals surface area contributed by atoms with Crippen molar-refractivity contribution in [2.75, 3.05) is 6.54 Å². The van der Waals surface area contributed by atoms with Crippen molar-refractivity contribution in [3.05, 3.63) is 35.2 Å². The van der Waals surface area contributed by atoms with Crippen LogP contribution >= 0.6 is 0 Å². The molecule has 1 amide bonds. The van der Waals surface area contributed by atoms with E-state index in [1.165, 1.54) is 19.3 Å². The first-order valence-electron chi connectivity index (χ1n) is 9.01. The second-order valence-electron chi connectivity index (χ2n) is 7.06. The summed E-state index contributed by atoms with van der Waals surface area (Å²) in [5, 5.41) is 4.19. The second-order valence-corrected chi connectivity index (χ2v) is 7.06. The fourth-order valence-corrected chi connectivity index (χ4v) is 4.02. The Bertz CT molecular complexity index is 714. The number of hydrogen-bond acceptors (Lipinski definition) is 4. The number of carbonyl (C=O) groups excluding carboxylic acids is 1. The lowest BCUT2D eigenvalue weighted by molar-refractivity contribution is 0.0688. The molecule has 2 aromatic heterocycles. The zero-order chi connectivity index (χ0) is 16.5. The van der Waals surface area contributed by atoms with E-state index in [9.17, 15) is 4.79 Å². The first kappa shape index (κ1) is 15.4. The third-order valence-corrected chi connectivity index (χ3v) is 5.31. The number of nitrogens with one attached hydrogen (secondary N) is 1. The molecule has 128 valence electrons.